The lowest BCUT2D eigenvalue weighted by Gasteiger charge is -2.08. The molecule has 12 heteroatoms. The van der Waals surface area contributed by atoms with Crippen LogP contribution in [0.25, 0.3) is 0 Å². The van der Waals surface area contributed by atoms with Crippen molar-refractivity contribution >= 4 is 11.9 Å². The summed E-state index contributed by atoms with van der Waals surface area (Å²) in [6, 6.07) is 0. The van der Waals surface area contributed by atoms with Crippen LogP contribution in [0, 0.1) is 0 Å². The minimum atomic E-state index is -1.21. The summed E-state index contributed by atoms with van der Waals surface area (Å²) in [5.74, 6) is -1.95. The third-order valence-corrected chi connectivity index (χ3v) is 3.30. The maximum Gasteiger partial charge on any atom is 0.331 e. The topological polar surface area (TPSA) is 148 Å². The zero-order chi connectivity index (χ0) is 23.5. The molecule has 0 fully saturated rings. The zero-order valence-electron chi connectivity index (χ0n) is 18.4. The van der Waals surface area contributed by atoms with Gasteiger partial charge in [-0.05, 0) is 0 Å². The van der Waals surface area contributed by atoms with Gasteiger partial charge in [0.2, 0.25) is 0 Å². The van der Waals surface area contributed by atoms with Crippen LogP contribution in [0.5, 0.6) is 0 Å². The van der Waals surface area contributed by atoms with Crippen molar-refractivity contribution in [1.82, 2.24) is 0 Å². The van der Waals surface area contributed by atoms with Gasteiger partial charge in [-0.3, -0.25) is 0 Å². The predicted octanol–water partition coefficient (Wildman–Crippen LogP) is -0.721. The Kier molecular flexibility index (Phi) is 24.3. The summed E-state index contributed by atoms with van der Waals surface area (Å²) in [6.45, 7) is 5.91. The van der Waals surface area contributed by atoms with E-state index >= 15 is 0 Å². The van der Waals surface area contributed by atoms with Crippen molar-refractivity contribution in [3.8, 4) is 0 Å². The molecule has 0 aliphatic rings. The molecule has 0 radical (unpaired) electrons. The van der Waals surface area contributed by atoms with Gasteiger partial charge in [0.25, 0.3) is 0 Å². The molecule has 0 aromatic rings. The first-order chi connectivity index (χ1) is 15.7. The largest absolute Gasteiger partial charge is 0.478 e. The number of carboxylic acids is 1. The number of esters is 1. The van der Waals surface area contributed by atoms with Crippen LogP contribution in [-0.4, -0.2) is 128 Å². The number of hydrogen-bond donors (Lipinski definition) is 2. The molecule has 0 aromatic heterocycles. The van der Waals surface area contributed by atoms with Crippen LogP contribution in [0.3, 0.4) is 0 Å². The average Bonchev–Trinajstić information content (AvgIpc) is 2.78. The molecule has 0 aliphatic heterocycles. The van der Waals surface area contributed by atoms with Crippen molar-refractivity contribution < 1.29 is 57.7 Å². The lowest BCUT2D eigenvalue weighted by Crippen LogP contribution is -2.15. The van der Waals surface area contributed by atoms with E-state index in [1.807, 2.05) is 0 Å². The molecule has 0 spiro atoms. The highest BCUT2D eigenvalue weighted by Crippen LogP contribution is 1.87. The van der Waals surface area contributed by atoms with Crippen LogP contribution in [0.15, 0.2) is 12.2 Å². The number of carbonyl (C=O) groups excluding carboxylic acids is 1. The van der Waals surface area contributed by atoms with Gasteiger partial charge in [-0.1, -0.05) is 0 Å². The van der Waals surface area contributed by atoms with E-state index in [0.717, 1.165) is 6.08 Å². The Morgan fingerprint density at radius 2 is 0.812 bits per heavy atom. The average molecular weight is 468 g/mol. The predicted molar refractivity (Wildman–Crippen MR) is 111 cm³/mol. The third kappa shape index (κ3) is 26.4. The van der Waals surface area contributed by atoms with E-state index in [1.54, 1.807) is 0 Å². The molecule has 0 unspecified atom stereocenters. The molecule has 0 atom stereocenters. The summed E-state index contributed by atoms with van der Waals surface area (Å²) in [7, 11) is 0. The third-order valence-electron chi connectivity index (χ3n) is 3.30. The number of aliphatic hydroxyl groups excluding tert-OH is 1. The lowest BCUT2D eigenvalue weighted by atomic mass is 10.5. The number of carbonyl (C=O) groups is 2. The standard InChI is InChI=1S/C20H36O12/c21-3-4-25-5-6-26-7-8-27-9-10-28-11-12-29-13-14-30-15-16-31-17-18-32-20(24)2-1-19(22)23/h1-2,21H,3-18H2,(H,22,23)/b2-1-. The summed E-state index contributed by atoms with van der Waals surface area (Å²) >= 11 is 0. The molecule has 2 N–H and O–H groups in total. The first-order valence-corrected chi connectivity index (χ1v) is 10.4. The SMILES string of the molecule is O=C(O)/C=C\C(=O)OCCOCCOCCOCCOCCOCCOCCOCCO. The fourth-order valence-corrected chi connectivity index (χ4v) is 1.87. The van der Waals surface area contributed by atoms with Crippen molar-refractivity contribution in [3.05, 3.63) is 12.2 Å². The first kappa shape index (κ1) is 30.4. The van der Waals surface area contributed by atoms with E-state index in [2.05, 4.69) is 0 Å². The summed E-state index contributed by atoms with van der Waals surface area (Å²) in [6.07, 6.45) is 1.54. The lowest BCUT2D eigenvalue weighted by molar-refractivity contribution is -0.140. The van der Waals surface area contributed by atoms with Gasteiger partial charge in [0.15, 0.2) is 0 Å². The quantitative estimate of drug-likeness (QED) is 0.0989. The van der Waals surface area contributed by atoms with E-state index in [-0.39, 0.29) is 19.8 Å². The molecule has 0 aliphatic carbocycles. The minimum Gasteiger partial charge on any atom is -0.478 e. The minimum absolute atomic E-state index is 0.0136. The number of rotatable bonds is 25. The Balaban J connectivity index is 3.11. The highest BCUT2D eigenvalue weighted by Gasteiger charge is 1.98. The van der Waals surface area contributed by atoms with Crippen molar-refractivity contribution in [2.45, 2.75) is 0 Å². The van der Waals surface area contributed by atoms with E-state index in [0.29, 0.717) is 92.0 Å². The fourth-order valence-electron chi connectivity index (χ4n) is 1.87. The van der Waals surface area contributed by atoms with Gasteiger partial charge in [0.05, 0.1) is 99.1 Å². The summed E-state index contributed by atoms with van der Waals surface area (Å²) < 4.78 is 41.7. The van der Waals surface area contributed by atoms with Gasteiger partial charge >= 0.3 is 11.9 Å². The van der Waals surface area contributed by atoms with E-state index < -0.39 is 11.9 Å². The Labute approximate surface area is 188 Å². The highest BCUT2D eigenvalue weighted by atomic mass is 16.6. The van der Waals surface area contributed by atoms with Crippen molar-refractivity contribution in [2.24, 2.45) is 0 Å². The molecule has 0 heterocycles. The molecule has 0 aromatic carbocycles. The second-order valence-electron chi connectivity index (χ2n) is 5.85. The van der Waals surface area contributed by atoms with Crippen LogP contribution in [-0.2, 0) is 47.5 Å². The second kappa shape index (κ2) is 25.6. The van der Waals surface area contributed by atoms with Gasteiger partial charge in [0.1, 0.15) is 6.61 Å². The van der Waals surface area contributed by atoms with Crippen LogP contribution >= 0.6 is 0 Å². The molecular weight excluding hydrogens is 432 g/mol. The van der Waals surface area contributed by atoms with Crippen molar-refractivity contribution in [2.75, 3.05) is 106 Å². The van der Waals surface area contributed by atoms with Gasteiger partial charge in [-0.25, -0.2) is 9.59 Å². The smallest absolute Gasteiger partial charge is 0.331 e. The molecule has 0 saturated carbocycles. The molecule has 32 heavy (non-hydrogen) atoms. The number of carboxylic acid groups (broad SMARTS) is 1. The van der Waals surface area contributed by atoms with Gasteiger partial charge in [-0.2, -0.15) is 0 Å². The molecule has 0 rings (SSSR count). The fraction of sp³-hybridized carbons (Fsp3) is 0.800. The normalized spacial score (nSPS) is 11.3. The molecular formula is C20H36O12. The zero-order valence-corrected chi connectivity index (χ0v) is 18.4. The molecule has 0 saturated heterocycles. The molecule has 12 nitrogen and oxygen atoms in total. The number of aliphatic carboxylic acids is 1. The Hall–Kier alpha value is -1.64. The number of aliphatic hydroxyl groups is 1. The molecule has 0 bridgehead atoms. The van der Waals surface area contributed by atoms with Crippen molar-refractivity contribution in [1.29, 1.82) is 0 Å². The van der Waals surface area contributed by atoms with Crippen LogP contribution in [0.4, 0.5) is 0 Å². The van der Waals surface area contributed by atoms with E-state index in [4.69, 9.17) is 48.1 Å². The highest BCUT2D eigenvalue weighted by molar-refractivity contribution is 5.90. The summed E-state index contributed by atoms with van der Waals surface area (Å²) in [4.78, 5) is 21.3. The van der Waals surface area contributed by atoms with Crippen LogP contribution in [0.2, 0.25) is 0 Å². The summed E-state index contributed by atoms with van der Waals surface area (Å²) in [5.41, 5.74) is 0. The maximum absolute atomic E-state index is 11.1. The Morgan fingerprint density at radius 3 is 1.12 bits per heavy atom. The second-order valence-corrected chi connectivity index (χ2v) is 5.85. The number of hydrogen-bond acceptors (Lipinski definition) is 11. The Morgan fingerprint density at radius 1 is 0.500 bits per heavy atom. The van der Waals surface area contributed by atoms with Crippen LogP contribution in [0.1, 0.15) is 0 Å². The Bertz CT molecular complexity index is 458. The first-order valence-electron chi connectivity index (χ1n) is 10.4. The maximum atomic E-state index is 11.1. The van der Waals surface area contributed by atoms with Crippen LogP contribution < -0.4 is 0 Å². The summed E-state index contributed by atoms with van der Waals surface area (Å²) in [5, 5.41) is 16.9. The molecule has 0 amide bonds. The van der Waals surface area contributed by atoms with Gasteiger partial charge in [0, 0.05) is 12.2 Å². The number of ether oxygens (including phenoxy) is 8. The molecule has 188 valence electrons. The van der Waals surface area contributed by atoms with E-state index in [1.165, 1.54) is 0 Å². The van der Waals surface area contributed by atoms with Gasteiger partial charge < -0.3 is 48.1 Å². The van der Waals surface area contributed by atoms with Crippen molar-refractivity contribution in [3.63, 3.8) is 0 Å². The monoisotopic (exact) mass is 468 g/mol. The van der Waals surface area contributed by atoms with E-state index in [9.17, 15) is 9.59 Å². The van der Waals surface area contributed by atoms with Gasteiger partial charge in [-0.15, -0.1) is 0 Å².